The van der Waals surface area contributed by atoms with Gasteiger partial charge in [0.25, 0.3) is 0 Å². The summed E-state index contributed by atoms with van der Waals surface area (Å²) in [6, 6.07) is 5.20. The number of nitrogens with one attached hydrogen (secondary N) is 1. The van der Waals surface area contributed by atoms with Crippen LogP contribution in [0.1, 0.15) is 38.2 Å². The SMILES string of the molecule is CC.CC.O=C(OCC1CNC1)c1ccccn1. The highest BCUT2D eigenvalue weighted by molar-refractivity contribution is 5.87. The van der Waals surface area contributed by atoms with E-state index in [1.165, 1.54) is 0 Å². The summed E-state index contributed by atoms with van der Waals surface area (Å²) in [5.41, 5.74) is 0.375. The monoisotopic (exact) mass is 252 g/mol. The molecule has 0 amide bonds. The van der Waals surface area contributed by atoms with Crippen LogP contribution in [0.2, 0.25) is 0 Å². The number of pyridine rings is 1. The van der Waals surface area contributed by atoms with Crippen LogP contribution in [-0.2, 0) is 4.74 Å². The Bertz CT molecular complexity index is 311. The number of rotatable bonds is 3. The lowest BCUT2D eigenvalue weighted by Crippen LogP contribution is -2.44. The fraction of sp³-hybridized carbons (Fsp3) is 0.571. The zero-order valence-corrected chi connectivity index (χ0v) is 11.8. The number of ether oxygens (including phenoxy) is 1. The molecule has 1 aromatic rings. The minimum absolute atomic E-state index is 0.336. The Hall–Kier alpha value is -1.42. The third kappa shape index (κ3) is 5.77. The average molecular weight is 252 g/mol. The van der Waals surface area contributed by atoms with Crippen LogP contribution in [0.25, 0.3) is 0 Å². The van der Waals surface area contributed by atoms with Crippen LogP contribution in [-0.4, -0.2) is 30.6 Å². The predicted molar refractivity (Wildman–Crippen MR) is 73.6 cm³/mol. The summed E-state index contributed by atoms with van der Waals surface area (Å²) in [5, 5.41) is 3.12. The molecule has 1 aliphatic heterocycles. The van der Waals surface area contributed by atoms with Gasteiger partial charge in [0.05, 0.1) is 6.61 Å². The molecule has 4 nitrogen and oxygen atoms in total. The second-order valence-electron chi connectivity index (χ2n) is 3.34. The van der Waals surface area contributed by atoms with Crippen molar-refractivity contribution in [3.8, 4) is 0 Å². The zero-order chi connectivity index (χ0) is 13.8. The Morgan fingerprint density at radius 2 is 2.00 bits per heavy atom. The standard InChI is InChI=1S/C10H12N2O2.2C2H6/c13-10(9-3-1-2-4-12-9)14-7-8-5-11-6-8;2*1-2/h1-4,8,11H,5-7H2;2*1-2H3. The second kappa shape index (κ2) is 10.7. The molecule has 1 saturated heterocycles. The van der Waals surface area contributed by atoms with Crippen molar-refractivity contribution in [2.75, 3.05) is 19.7 Å². The first-order chi connectivity index (χ1) is 8.86. The third-order valence-corrected chi connectivity index (χ3v) is 2.19. The van der Waals surface area contributed by atoms with Crippen molar-refractivity contribution in [3.63, 3.8) is 0 Å². The van der Waals surface area contributed by atoms with E-state index in [0.29, 0.717) is 18.2 Å². The van der Waals surface area contributed by atoms with Gasteiger partial charge in [-0.15, -0.1) is 0 Å². The first-order valence-electron chi connectivity index (χ1n) is 6.65. The molecule has 0 saturated carbocycles. The van der Waals surface area contributed by atoms with Gasteiger partial charge in [0.1, 0.15) is 5.69 Å². The lowest BCUT2D eigenvalue weighted by Gasteiger charge is -2.26. The maximum atomic E-state index is 11.4. The molecule has 2 heterocycles. The van der Waals surface area contributed by atoms with Crippen LogP contribution < -0.4 is 5.32 Å². The van der Waals surface area contributed by atoms with Crippen molar-refractivity contribution < 1.29 is 9.53 Å². The summed E-state index contributed by atoms with van der Waals surface area (Å²) in [4.78, 5) is 15.3. The third-order valence-electron chi connectivity index (χ3n) is 2.19. The van der Waals surface area contributed by atoms with E-state index in [9.17, 15) is 4.79 Å². The largest absolute Gasteiger partial charge is 0.461 e. The maximum Gasteiger partial charge on any atom is 0.356 e. The van der Waals surface area contributed by atoms with E-state index >= 15 is 0 Å². The molecule has 0 aromatic carbocycles. The van der Waals surface area contributed by atoms with E-state index in [1.807, 2.05) is 27.7 Å². The van der Waals surface area contributed by atoms with Crippen molar-refractivity contribution in [1.29, 1.82) is 0 Å². The van der Waals surface area contributed by atoms with Crippen molar-refractivity contribution in [1.82, 2.24) is 10.3 Å². The molecule has 1 N–H and O–H groups in total. The van der Waals surface area contributed by atoms with Gasteiger partial charge >= 0.3 is 5.97 Å². The molecular formula is C14H24N2O2. The molecule has 2 rings (SSSR count). The van der Waals surface area contributed by atoms with Gasteiger partial charge in [0, 0.05) is 25.2 Å². The topological polar surface area (TPSA) is 51.2 Å². The molecule has 4 heteroatoms. The summed E-state index contributed by atoms with van der Waals surface area (Å²) in [7, 11) is 0. The van der Waals surface area contributed by atoms with Gasteiger partial charge in [-0.1, -0.05) is 33.8 Å². The normalized spacial score (nSPS) is 13.1. The van der Waals surface area contributed by atoms with Gasteiger partial charge < -0.3 is 10.1 Å². The second-order valence-corrected chi connectivity index (χ2v) is 3.34. The molecule has 0 radical (unpaired) electrons. The highest BCUT2D eigenvalue weighted by atomic mass is 16.5. The summed E-state index contributed by atoms with van der Waals surface area (Å²) >= 11 is 0. The fourth-order valence-electron chi connectivity index (χ4n) is 1.22. The number of esters is 1. The quantitative estimate of drug-likeness (QED) is 0.840. The molecular weight excluding hydrogens is 228 g/mol. The highest BCUT2D eigenvalue weighted by Gasteiger charge is 2.19. The fourth-order valence-corrected chi connectivity index (χ4v) is 1.22. The van der Waals surface area contributed by atoms with Crippen molar-refractivity contribution >= 4 is 5.97 Å². The van der Waals surface area contributed by atoms with E-state index in [-0.39, 0.29) is 5.97 Å². The number of hydrogen-bond acceptors (Lipinski definition) is 4. The lowest BCUT2D eigenvalue weighted by molar-refractivity contribution is 0.0391. The number of aromatic nitrogens is 1. The molecule has 18 heavy (non-hydrogen) atoms. The Balaban J connectivity index is 0.000000659. The molecule has 0 spiro atoms. The van der Waals surface area contributed by atoms with Gasteiger partial charge in [0.2, 0.25) is 0 Å². The summed E-state index contributed by atoms with van der Waals surface area (Å²) in [5.74, 6) is 0.139. The van der Waals surface area contributed by atoms with Crippen LogP contribution in [0.5, 0.6) is 0 Å². The molecule has 0 unspecified atom stereocenters. The minimum atomic E-state index is -0.336. The first kappa shape index (κ1) is 16.6. The van der Waals surface area contributed by atoms with Crippen LogP contribution in [0, 0.1) is 5.92 Å². The Labute approximate surface area is 110 Å². The Kier molecular flexibility index (Phi) is 9.87. The van der Waals surface area contributed by atoms with Crippen molar-refractivity contribution in [2.24, 2.45) is 5.92 Å². The van der Waals surface area contributed by atoms with Crippen molar-refractivity contribution in [2.45, 2.75) is 27.7 Å². The predicted octanol–water partition coefficient (Wildman–Crippen LogP) is 2.51. The molecule has 0 bridgehead atoms. The van der Waals surface area contributed by atoms with Crippen LogP contribution in [0.15, 0.2) is 24.4 Å². The number of carbonyl (C=O) groups is 1. The summed E-state index contributed by atoms with van der Waals surface area (Å²) in [6.07, 6.45) is 1.58. The van der Waals surface area contributed by atoms with Crippen molar-refractivity contribution in [3.05, 3.63) is 30.1 Å². The van der Waals surface area contributed by atoms with E-state index in [4.69, 9.17) is 4.74 Å². The van der Waals surface area contributed by atoms with E-state index in [2.05, 4.69) is 10.3 Å². The average Bonchev–Trinajstić information content (AvgIpc) is 2.42. The maximum absolute atomic E-state index is 11.4. The van der Waals surface area contributed by atoms with E-state index in [1.54, 1.807) is 24.4 Å². The van der Waals surface area contributed by atoms with Gasteiger partial charge in [0.15, 0.2) is 0 Å². The van der Waals surface area contributed by atoms with Gasteiger partial charge in [-0.05, 0) is 12.1 Å². The van der Waals surface area contributed by atoms with Gasteiger partial charge in [-0.2, -0.15) is 0 Å². The summed E-state index contributed by atoms with van der Waals surface area (Å²) in [6.45, 7) is 10.4. The molecule has 1 fully saturated rings. The molecule has 102 valence electrons. The van der Waals surface area contributed by atoms with Crippen LogP contribution >= 0.6 is 0 Å². The zero-order valence-electron chi connectivity index (χ0n) is 11.8. The van der Waals surface area contributed by atoms with Gasteiger partial charge in [-0.3, -0.25) is 0 Å². The Morgan fingerprint density at radius 3 is 2.44 bits per heavy atom. The lowest BCUT2D eigenvalue weighted by atomic mass is 10.1. The molecule has 1 aromatic heterocycles. The number of carbonyl (C=O) groups excluding carboxylic acids is 1. The van der Waals surface area contributed by atoms with Crippen LogP contribution in [0.4, 0.5) is 0 Å². The summed E-state index contributed by atoms with van der Waals surface area (Å²) < 4.78 is 5.09. The van der Waals surface area contributed by atoms with E-state index < -0.39 is 0 Å². The molecule has 0 atom stereocenters. The first-order valence-corrected chi connectivity index (χ1v) is 6.65. The molecule has 0 aliphatic carbocycles. The van der Waals surface area contributed by atoms with E-state index in [0.717, 1.165) is 13.1 Å². The van der Waals surface area contributed by atoms with Gasteiger partial charge in [-0.25, -0.2) is 9.78 Å². The Morgan fingerprint density at radius 1 is 1.33 bits per heavy atom. The molecule has 1 aliphatic rings. The highest BCUT2D eigenvalue weighted by Crippen LogP contribution is 2.05. The number of hydrogen-bond donors (Lipinski definition) is 1. The smallest absolute Gasteiger partial charge is 0.356 e. The minimum Gasteiger partial charge on any atom is -0.461 e. The van der Waals surface area contributed by atoms with Crippen LogP contribution in [0.3, 0.4) is 0 Å². The number of nitrogens with zero attached hydrogens (tertiary/aromatic N) is 1.